The maximum Gasteiger partial charge on any atom is 0.244 e. The Kier molecular flexibility index (Phi) is 4.88. The number of amides is 1. The van der Waals surface area contributed by atoms with Gasteiger partial charge in [0.2, 0.25) is 5.91 Å². The number of hydrazone groups is 1. The van der Waals surface area contributed by atoms with Crippen molar-refractivity contribution in [2.75, 3.05) is 0 Å². The van der Waals surface area contributed by atoms with Gasteiger partial charge in [-0.25, -0.2) is 5.43 Å². The third kappa shape index (κ3) is 4.28. The molecule has 0 bridgehead atoms. The Bertz CT molecular complexity index is 637. The van der Waals surface area contributed by atoms with Crippen molar-refractivity contribution in [2.45, 2.75) is 27.2 Å². The quantitative estimate of drug-likeness (QED) is 0.677. The molecule has 0 unspecified atom stereocenters. The van der Waals surface area contributed by atoms with Gasteiger partial charge in [-0.15, -0.1) is 0 Å². The van der Waals surface area contributed by atoms with Gasteiger partial charge in [0, 0.05) is 5.56 Å². The fraction of sp³-hybridized carbons (Fsp3) is 0.222. The molecular weight excluding hydrogens is 260 g/mol. The van der Waals surface area contributed by atoms with Gasteiger partial charge in [0.05, 0.1) is 12.6 Å². The largest absolute Gasteiger partial charge is 0.273 e. The van der Waals surface area contributed by atoms with Crippen molar-refractivity contribution in [3.63, 3.8) is 0 Å². The molecule has 2 rings (SSSR count). The number of carbonyl (C=O) groups is 1. The minimum Gasteiger partial charge on any atom is -0.273 e. The summed E-state index contributed by atoms with van der Waals surface area (Å²) in [5.74, 6) is -0.111. The molecule has 3 nitrogen and oxygen atoms in total. The lowest BCUT2D eigenvalue weighted by atomic mass is 10.0. The topological polar surface area (TPSA) is 41.5 Å². The number of rotatable bonds is 4. The molecule has 0 radical (unpaired) electrons. The van der Waals surface area contributed by atoms with Crippen LogP contribution in [0.4, 0.5) is 0 Å². The normalized spacial score (nSPS) is 10.8. The predicted molar refractivity (Wildman–Crippen MR) is 86.5 cm³/mol. The van der Waals surface area contributed by atoms with Gasteiger partial charge in [-0.1, -0.05) is 48.0 Å². The van der Waals surface area contributed by atoms with Gasteiger partial charge >= 0.3 is 0 Å². The number of hydrogen-bond acceptors (Lipinski definition) is 2. The molecule has 0 aliphatic carbocycles. The molecule has 0 saturated carbocycles. The molecule has 0 aromatic heterocycles. The van der Waals surface area contributed by atoms with E-state index in [4.69, 9.17) is 0 Å². The van der Waals surface area contributed by atoms with E-state index in [1.807, 2.05) is 44.2 Å². The minimum absolute atomic E-state index is 0.111. The Hall–Kier alpha value is -2.42. The van der Waals surface area contributed by atoms with Crippen LogP contribution in [0.15, 0.2) is 47.6 Å². The highest BCUT2D eigenvalue weighted by molar-refractivity contribution is 5.86. The van der Waals surface area contributed by atoms with Crippen LogP contribution in [0.3, 0.4) is 0 Å². The highest BCUT2D eigenvalue weighted by atomic mass is 16.2. The molecule has 0 heterocycles. The number of carbonyl (C=O) groups excluding carboxylic acids is 1. The lowest BCUT2D eigenvalue weighted by molar-refractivity contribution is -0.120. The highest BCUT2D eigenvalue weighted by Gasteiger charge is 2.03. The number of nitrogens with zero attached hydrogens (tertiary/aromatic N) is 1. The zero-order valence-electron chi connectivity index (χ0n) is 12.7. The SMILES string of the molecule is Cc1cc(C)c(/C=N/NC(=O)Cc2ccccc2)c(C)c1. The molecule has 108 valence electrons. The summed E-state index contributed by atoms with van der Waals surface area (Å²) in [5.41, 5.74) is 8.17. The first kappa shape index (κ1) is 15.0. The lowest BCUT2D eigenvalue weighted by Gasteiger charge is -2.06. The van der Waals surface area contributed by atoms with E-state index in [0.717, 1.165) is 22.3 Å². The fourth-order valence-corrected chi connectivity index (χ4v) is 2.38. The van der Waals surface area contributed by atoms with E-state index in [1.165, 1.54) is 5.56 Å². The summed E-state index contributed by atoms with van der Waals surface area (Å²) in [6, 6.07) is 13.9. The summed E-state index contributed by atoms with van der Waals surface area (Å²) in [5, 5.41) is 4.06. The van der Waals surface area contributed by atoms with Crippen molar-refractivity contribution in [2.24, 2.45) is 5.10 Å². The number of nitrogens with one attached hydrogen (secondary N) is 1. The van der Waals surface area contributed by atoms with E-state index in [1.54, 1.807) is 6.21 Å². The van der Waals surface area contributed by atoms with Gasteiger partial charge in [-0.3, -0.25) is 4.79 Å². The third-order valence-corrected chi connectivity index (χ3v) is 3.33. The van der Waals surface area contributed by atoms with Crippen molar-refractivity contribution in [3.05, 3.63) is 70.3 Å². The third-order valence-electron chi connectivity index (χ3n) is 3.33. The molecule has 0 saturated heterocycles. The number of hydrogen-bond donors (Lipinski definition) is 1. The second-order valence-corrected chi connectivity index (χ2v) is 5.27. The van der Waals surface area contributed by atoms with Crippen molar-refractivity contribution >= 4 is 12.1 Å². The summed E-state index contributed by atoms with van der Waals surface area (Å²) in [6.07, 6.45) is 2.05. The molecule has 0 fully saturated rings. The standard InChI is InChI=1S/C18H20N2O/c1-13-9-14(2)17(15(3)10-13)12-19-20-18(21)11-16-7-5-4-6-8-16/h4-10,12H,11H2,1-3H3,(H,20,21)/b19-12+. The smallest absolute Gasteiger partial charge is 0.244 e. The van der Waals surface area contributed by atoms with Crippen molar-refractivity contribution < 1.29 is 4.79 Å². The maximum absolute atomic E-state index is 11.8. The summed E-state index contributed by atoms with van der Waals surface area (Å²) in [4.78, 5) is 11.8. The molecule has 0 aliphatic heterocycles. The first-order valence-corrected chi connectivity index (χ1v) is 7.00. The van der Waals surface area contributed by atoms with Gasteiger partial charge in [-0.05, 0) is 37.5 Å². The summed E-state index contributed by atoms with van der Waals surface area (Å²) >= 11 is 0. The van der Waals surface area contributed by atoms with Crippen LogP contribution < -0.4 is 5.43 Å². The fourth-order valence-electron chi connectivity index (χ4n) is 2.38. The van der Waals surface area contributed by atoms with Crippen LogP contribution >= 0.6 is 0 Å². The Morgan fingerprint density at radius 1 is 1.10 bits per heavy atom. The van der Waals surface area contributed by atoms with Gasteiger partial charge in [0.25, 0.3) is 0 Å². The Morgan fingerprint density at radius 3 is 2.33 bits per heavy atom. The molecular formula is C18H20N2O. The van der Waals surface area contributed by atoms with Gasteiger partial charge < -0.3 is 0 Å². The number of benzene rings is 2. The molecule has 1 N–H and O–H groups in total. The molecule has 1 amide bonds. The summed E-state index contributed by atoms with van der Waals surface area (Å²) in [7, 11) is 0. The van der Waals surface area contributed by atoms with E-state index in [0.29, 0.717) is 6.42 Å². The molecule has 3 heteroatoms. The van der Waals surface area contributed by atoms with Gasteiger partial charge in [0.1, 0.15) is 0 Å². The average molecular weight is 280 g/mol. The van der Waals surface area contributed by atoms with Crippen LogP contribution in [0.25, 0.3) is 0 Å². The van der Waals surface area contributed by atoms with Crippen LogP contribution in [0.1, 0.15) is 27.8 Å². The van der Waals surface area contributed by atoms with Crippen LogP contribution in [-0.4, -0.2) is 12.1 Å². The number of aryl methyl sites for hydroxylation is 3. The first-order chi connectivity index (χ1) is 10.1. The van der Waals surface area contributed by atoms with E-state index in [2.05, 4.69) is 29.6 Å². The zero-order chi connectivity index (χ0) is 15.2. The lowest BCUT2D eigenvalue weighted by Crippen LogP contribution is -2.19. The highest BCUT2D eigenvalue weighted by Crippen LogP contribution is 2.14. The van der Waals surface area contributed by atoms with Crippen LogP contribution in [0, 0.1) is 20.8 Å². The predicted octanol–water partition coefficient (Wildman–Crippen LogP) is 3.30. The Morgan fingerprint density at radius 2 is 1.71 bits per heavy atom. The van der Waals surface area contributed by atoms with Crippen LogP contribution in [-0.2, 0) is 11.2 Å². The van der Waals surface area contributed by atoms with Crippen LogP contribution in [0.2, 0.25) is 0 Å². The van der Waals surface area contributed by atoms with Crippen molar-refractivity contribution in [3.8, 4) is 0 Å². The molecule has 2 aromatic rings. The van der Waals surface area contributed by atoms with E-state index in [9.17, 15) is 4.79 Å². The second-order valence-electron chi connectivity index (χ2n) is 5.27. The van der Waals surface area contributed by atoms with E-state index >= 15 is 0 Å². The van der Waals surface area contributed by atoms with E-state index in [-0.39, 0.29) is 5.91 Å². The van der Waals surface area contributed by atoms with Crippen molar-refractivity contribution in [1.82, 2.24) is 5.43 Å². The van der Waals surface area contributed by atoms with Crippen LogP contribution in [0.5, 0.6) is 0 Å². The van der Waals surface area contributed by atoms with Gasteiger partial charge in [-0.2, -0.15) is 5.10 Å². The van der Waals surface area contributed by atoms with Gasteiger partial charge in [0.15, 0.2) is 0 Å². The Labute approximate surface area is 125 Å². The molecule has 21 heavy (non-hydrogen) atoms. The second kappa shape index (κ2) is 6.84. The zero-order valence-corrected chi connectivity index (χ0v) is 12.7. The molecule has 0 atom stereocenters. The summed E-state index contributed by atoms with van der Waals surface area (Å²) in [6.45, 7) is 6.17. The minimum atomic E-state index is -0.111. The molecule has 2 aromatic carbocycles. The monoisotopic (exact) mass is 280 g/mol. The van der Waals surface area contributed by atoms with E-state index < -0.39 is 0 Å². The maximum atomic E-state index is 11.8. The van der Waals surface area contributed by atoms with Crippen molar-refractivity contribution in [1.29, 1.82) is 0 Å². The molecule has 0 spiro atoms. The first-order valence-electron chi connectivity index (χ1n) is 7.00. The molecule has 0 aliphatic rings. The average Bonchev–Trinajstić information content (AvgIpc) is 2.42. The Balaban J connectivity index is 1.98. The summed E-state index contributed by atoms with van der Waals surface area (Å²) < 4.78 is 0.